The maximum Gasteiger partial charge on any atom is 0.264 e. The number of piperidine rings is 1. The molecular weight excluding hydrogens is 578 g/mol. The Morgan fingerprint density at radius 3 is 2.56 bits per heavy atom. The van der Waals surface area contributed by atoms with Gasteiger partial charge in [-0.05, 0) is 69.7 Å². The first-order valence-corrected chi connectivity index (χ1v) is 14.6. The number of likely N-dealkylation sites (tertiary alicyclic amines) is 1. The van der Waals surface area contributed by atoms with Gasteiger partial charge in [0.25, 0.3) is 10.0 Å². The minimum absolute atomic E-state index is 0.0337. The fourth-order valence-electron chi connectivity index (χ4n) is 4.52. The number of aromatic nitrogens is 2. The number of alkyl halides is 1. The quantitative estimate of drug-likeness (QED) is 0.263. The molecule has 3 aromatic rings. The number of nitrogens with zero attached hydrogens (tertiary/aromatic N) is 3. The third-order valence-electron chi connectivity index (χ3n) is 6.30. The van der Waals surface area contributed by atoms with Crippen LogP contribution in [0.15, 0.2) is 47.4 Å². The first-order chi connectivity index (χ1) is 19.1. The molecule has 0 radical (unpaired) electrons. The van der Waals surface area contributed by atoms with Crippen LogP contribution in [0, 0.1) is 11.2 Å². The van der Waals surface area contributed by atoms with E-state index in [1.165, 1.54) is 37.3 Å². The summed E-state index contributed by atoms with van der Waals surface area (Å²) in [5.74, 6) is -0.902. The number of halogens is 3. The van der Waals surface area contributed by atoms with Gasteiger partial charge in [-0.15, -0.1) is 0 Å². The summed E-state index contributed by atoms with van der Waals surface area (Å²) in [6.07, 6.45) is -1.90. The summed E-state index contributed by atoms with van der Waals surface area (Å²) in [4.78, 5) is 9.93. The fraction of sp³-hybridized carbons (Fsp3) is 0.370. The van der Waals surface area contributed by atoms with E-state index < -0.39 is 38.6 Å². The molecule has 0 spiro atoms. The topological polar surface area (TPSA) is 155 Å². The number of aliphatic hydroxyl groups is 1. The molecular formula is C27H31ClF2N6O4S. The van der Waals surface area contributed by atoms with Gasteiger partial charge in [0.15, 0.2) is 5.82 Å². The lowest BCUT2D eigenvalue weighted by Crippen LogP contribution is -2.51. The Morgan fingerprint density at radius 2 is 1.95 bits per heavy atom. The van der Waals surface area contributed by atoms with Gasteiger partial charge in [-0.1, -0.05) is 11.6 Å². The second-order valence-electron chi connectivity index (χ2n) is 10.5. The lowest BCUT2D eigenvalue weighted by molar-refractivity contribution is -0.0197. The van der Waals surface area contributed by atoms with Gasteiger partial charge in [-0.3, -0.25) is 9.62 Å². The first kappa shape index (κ1) is 30.6. The Kier molecular flexibility index (Phi) is 8.83. The minimum Gasteiger partial charge on any atom is -0.471 e. The number of nitrogens with two attached hydrogens (primary N) is 1. The van der Waals surface area contributed by atoms with Crippen LogP contribution in [0.5, 0.6) is 5.88 Å². The highest BCUT2D eigenvalue weighted by Crippen LogP contribution is 2.30. The number of hydrogen-bond acceptors (Lipinski definition) is 9. The molecule has 0 saturated carbocycles. The molecule has 10 nitrogen and oxygen atoms in total. The molecule has 0 bridgehead atoms. The summed E-state index contributed by atoms with van der Waals surface area (Å²) >= 11 is 5.83. The molecule has 5 N–H and O–H groups in total. The second-order valence-corrected chi connectivity index (χ2v) is 12.6. The number of ether oxygens (including phenoxy) is 1. The molecule has 2 atom stereocenters. The van der Waals surface area contributed by atoms with E-state index in [9.17, 15) is 17.9 Å². The van der Waals surface area contributed by atoms with Crippen LogP contribution in [0.25, 0.3) is 11.4 Å². The van der Waals surface area contributed by atoms with Crippen molar-refractivity contribution in [3.63, 3.8) is 0 Å². The molecule has 0 aliphatic carbocycles. The summed E-state index contributed by atoms with van der Waals surface area (Å²) in [6.45, 7) is 5.69. The maximum absolute atomic E-state index is 15.1. The molecule has 0 amide bonds. The summed E-state index contributed by atoms with van der Waals surface area (Å²) in [7, 11) is -4.27. The third-order valence-corrected chi connectivity index (χ3v) is 7.93. The van der Waals surface area contributed by atoms with E-state index in [0.29, 0.717) is 25.1 Å². The molecule has 1 aromatic heterocycles. The van der Waals surface area contributed by atoms with Crippen LogP contribution in [0.3, 0.4) is 0 Å². The van der Waals surface area contributed by atoms with Crippen molar-refractivity contribution in [2.45, 2.75) is 50.0 Å². The molecule has 1 aliphatic rings. The first-order valence-electron chi connectivity index (χ1n) is 12.7. The normalized spacial score (nSPS) is 18.2. The van der Waals surface area contributed by atoms with Gasteiger partial charge in [0.05, 0.1) is 11.2 Å². The highest BCUT2D eigenvalue weighted by atomic mass is 35.5. The molecule has 1 aliphatic heterocycles. The van der Waals surface area contributed by atoms with Crippen LogP contribution in [-0.4, -0.2) is 71.6 Å². The Morgan fingerprint density at radius 1 is 1.27 bits per heavy atom. The highest BCUT2D eigenvalue weighted by Gasteiger charge is 2.34. The van der Waals surface area contributed by atoms with Gasteiger partial charge in [-0.2, -0.15) is 4.98 Å². The number of anilines is 2. The smallest absolute Gasteiger partial charge is 0.264 e. The van der Waals surface area contributed by atoms with Crippen LogP contribution >= 0.6 is 11.6 Å². The zero-order chi connectivity index (χ0) is 30.1. The average molecular weight is 609 g/mol. The molecule has 41 heavy (non-hydrogen) atoms. The van der Waals surface area contributed by atoms with Crippen LogP contribution in [0.4, 0.5) is 20.3 Å². The van der Waals surface area contributed by atoms with Crippen molar-refractivity contribution in [1.82, 2.24) is 14.9 Å². The van der Waals surface area contributed by atoms with E-state index in [-0.39, 0.29) is 46.1 Å². The van der Waals surface area contributed by atoms with E-state index in [1.807, 2.05) is 4.90 Å². The van der Waals surface area contributed by atoms with Gasteiger partial charge >= 0.3 is 0 Å². The molecule has 1 fully saturated rings. The van der Waals surface area contributed by atoms with Crippen molar-refractivity contribution >= 4 is 38.8 Å². The van der Waals surface area contributed by atoms with Crippen molar-refractivity contribution in [3.05, 3.63) is 58.9 Å². The van der Waals surface area contributed by atoms with Gasteiger partial charge < -0.3 is 21.0 Å². The average Bonchev–Trinajstić information content (AvgIpc) is 2.86. The number of β-amino-alcohol motifs (C(OH)–C–C–N with tert-alkyl or cyclic N) is 1. The Hall–Kier alpha value is -3.39. The predicted octanol–water partition coefficient (Wildman–Crippen LogP) is 4.27. The van der Waals surface area contributed by atoms with E-state index in [2.05, 4.69) is 14.7 Å². The standard InChI is InChI=1S/C27H31ClF2N6O4S/c1-15(31)23-24(32)33-25(34-26(23)40-21-10-11-36(13-20(21)30)14-27(2,3)37)16-4-7-18(8-5-16)35-41(38,39)22-12-17(28)6-9-19(22)29/h4-9,12,20-21,31,35,37H,10-11,13-14H2,1-3H3,(H2,32,33,34)/t20-,21+/m0/s1. The third kappa shape index (κ3) is 7.47. The van der Waals surface area contributed by atoms with Crippen LogP contribution < -0.4 is 15.2 Å². The molecule has 1 saturated heterocycles. The van der Waals surface area contributed by atoms with Crippen molar-refractivity contribution in [2.24, 2.45) is 0 Å². The number of rotatable bonds is 9. The molecule has 2 heterocycles. The number of nitrogen functional groups attached to an aromatic ring is 1. The van der Waals surface area contributed by atoms with E-state index >= 15 is 4.39 Å². The summed E-state index contributed by atoms with van der Waals surface area (Å²) < 4.78 is 62.9. The van der Waals surface area contributed by atoms with Gasteiger partial charge in [-0.25, -0.2) is 22.2 Å². The van der Waals surface area contributed by atoms with Crippen molar-refractivity contribution in [1.29, 1.82) is 5.41 Å². The Labute approximate surface area is 242 Å². The number of nitrogens with one attached hydrogen (secondary N) is 2. The number of hydrogen-bond donors (Lipinski definition) is 4. The van der Waals surface area contributed by atoms with Crippen molar-refractivity contribution < 1.29 is 27.0 Å². The van der Waals surface area contributed by atoms with Crippen LogP contribution in [-0.2, 0) is 10.0 Å². The monoisotopic (exact) mass is 608 g/mol. The second kappa shape index (κ2) is 11.8. The zero-order valence-corrected chi connectivity index (χ0v) is 24.2. The lowest BCUT2D eigenvalue weighted by Gasteiger charge is -2.37. The van der Waals surface area contributed by atoms with Gasteiger partial charge in [0.1, 0.15) is 28.8 Å². The Bertz CT molecular complexity index is 1550. The van der Waals surface area contributed by atoms with Crippen molar-refractivity contribution in [2.75, 3.05) is 30.1 Å². The zero-order valence-electron chi connectivity index (χ0n) is 22.7. The predicted molar refractivity (Wildman–Crippen MR) is 153 cm³/mol. The van der Waals surface area contributed by atoms with Crippen LogP contribution in [0.1, 0.15) is 32.8 Å². The fourth-order valence-corrected chi connectivity index (χ4v) is 5.92. The highest BCUT2D eigenvalue weighted by molar-refractivity contribution is 7.92. The summed E-state index contributed by atoms with van der Waals surface area (Å²) in [5, 5.41) is 18.3. The van der Waals surface area contributed by atoms with E-state index in [1.54, 1.807) is 13.8 Å². The van der Waals surface area contributed by atoms with Crippen LogP contribution in [0.2, 0.25) is 5.02 Å². The summed E-state index contributed by atoms with van der Waals surface area (Å²) in [5.41, 5.74) is 5.95. The van der Waals surface area contributed by atoms with Gasteiger partial charge in [0.2, 0.25) is 5.88 Å². The molecule has 4 rings (SSSR count). The minimum atomic E-state index is -4.27. The Balaban J connectivity index is 1.56. The number of sulfonamides is 1. The molecule has 0 unspecified atom stereocenters. The maximum atomic E-state index is 15.1. The molecule has 2 aromatic carbocycles. The van der Waals surface area contributed by atoms with Gasteiger partial charge in [0, 0.05) is 41.6 Å². The lowest BCUT2D eigenvalue weighted by atomic mass is 10.0. The van der Waals surface area contributed by atoms with E-state index in [0.717, 1.165) is 12.1 Å². The SMILES string of the molecule is CC(=N)c1c(N)nc(-c2ccc(NS(=O)(=O)c3cc(Cl)ccc3F)cc2)nc1O[C@@H]1CCN(CC(C)(C)O)C[C@@H]1F. The molecule has 14 heteroatoms. The van der Waals surface area contributed by atoms with E-state index in [4.69, 9.17) is 27.5 Å². The largest absolute Gasteiger partial charge is 0.471 e. The van der Waals surface area contributed by atoms with Crippen molar-refractivity contribution in [3.8, 4) is 17.3 Å². The summed E-state index contributed by atoms with van der Waals surface area (Å²) in [6, 6.07) is 9.13. The number of benzene rings is 2. The molecule has 220 valence electrons.